The van der Waals surface area contributed by atoms with Crippen LogP contribution in [0.2, 0.25) is 0 Å². The normalized spacial score (nSPS) is 20.8. The molecule has 0 spiro atoms. The summed E-state index contributed by atoms with van der Waals surface area (Å²) >= 11 is 0. The van der Waals surface area contributed by atoms with Gasteiger partial charge in [-0.15, -0.1) is 0 Å². The predicted molar refractivity (Wildman–Crippen MR) is 40.6 cm³/mol. The van der Waals surface area contributed by atoms with Gasteiger partial charge >= 0.3 is 0 Å². The van der Waals surface area contributed by atoms with Crippen molar-refractivity contribution >= 4 is 5.78 Å². The molecule has 1 aromatic rings. The fraction of sp³-hybridized carbons (Fsp3) is 0.222. The molecule has 2 nitrogen and oxygen atoms in total. The van der Waals surface area contributed by atoms with Crippen LogP contribution >= 0.6 is 0 Å². The van der Waals surface area contributed by atoms with Crippen molar-refractivity contribution in [3.8, 4) is 0 Å². The number of hydrogen-bond acceptors (Lipinski definition) is 2. The van der Waals surface area contributed by atoms with Crippen LogP contribution in [0.4, 0.5) is 0 Å². The topological polar surface area (TPSA) is 37.3 Å². The summed E-state index contributed by atoms with van der Waals surface area (Å²) in [5.41, 5.74) is 1.66. The van der Waals surface area contributed by atoms with E-state index in [1.807, 2.05) is 18.2 Å². The van der Waals surface area contributed by atoms with Gasteiger partial charge in [0.1, 0.15) is 0 Å². The largest absolute Gasteiger partial charge is 0.395 e. The molecule has 11 heavy (non-hydrogen) atoms. The number of hydrogen-bond donors (Lipinski definition) is 1. The minimum absolute atomic E-state index is 0.0486. The highest BCUT2D eigenvalue weighted by Gasteiger charge is 2.27. The first-order chi connectivity index (χ1) is 5.33. The van der Waals surface area contributed by atoms with Crippen LogP contribution in [-0.4, -0.2) is 17.5 Å². The fourth-order valence-electron chi connectivity index (χ4n) is 1.45. The summed E-state index contributed by atoms with van der Waals surface area (Å²) in [5.74, 6) is -0.243. The molecule has 0 aliphatic heterocycles. The first kappa shape index (κ1) is 6.55. The zero-order valence-corrected chi connectivity index (χ0v) is 5.95. The molecule has 1 aliphatic carbocycles. The van der Waals surface area contributed by atoms with Crippen LogP contribution < -0.4 is 0 Å². The second-order valence-electron chi connectivity index (χ2n) is 2.72. The zero-order chi connectivity index (χ0) is 7.84. The molecule has 0 amide bonds. The van der Waals surface area contributed by atoms with E-state index in [1.54, 1.807) is 6.07 Å². The maximum absolute atomic E-state index is 11.3. The molecule has 56 valence electrons. The highest BCUT2D eigenvalue weighted by atomic mass is 16.3. The molecular formula is C9H8O2. The molecule has 1 N–H and O–H groups in total. The second-order valence-corrected chi connectivity index (χ2v) is 2.72. The van der Waals surface area contributed by atoms with Gasteiger partial charge in [-0.2, -0.15) is 0 Å². The molecule has 2 rings (SSSR count). The lowest BCUT2D eigenvalue weighted by atomic mass is 10.0. The van der Waals surface area contributed by atoms with Gasteiger partial charge in [0.15, 0.2) is 5.78 Å². The van der Waals surface area contributed by atoms with E-state index in [4.69, 9.17) is 5.11 Å². The Hall–Kier alpha value is -1.15. The first-order valence-corrected chi connectivity index (χ1v) is 3.58. The molecule has 0 fully saturated rings. The van der Waals surface area contributed by atoms with Gasteiger partial charge in [-0.25, -0.2) is 0 Å². The second kappa shape index (κ2) is 2.17. The van der Waals surface area contributed by atoms with Crippen molar-refractivity contribution in [1.82, 2.24) is 0 Å². The van der Waals surface area contributed by atoms with Crippen LogP contribution in [0.25, 0.3) is 0 Å². The number of ketones is 1. The number of Topliss-reactive ketones (excluding diaryl/α,β-unsaturated/α-hetero) is 1. The molecular weight excluding hydrogens is 140 g/mol. The minimum atomic E-state index is -0.292. The van der Waals surface area contributed by atoms with Gasteiger partial charge in [-0.3, -0.25) is 4.79 Å². The standard InChI is InChI=1S/C9H8O2/c10-5-8-6-2-1-3-7(4-6)9(8)11/h1-4,8,10H,5H2. The Bertz CT molecular complexity index is 304. The van der Waals surface area contributed by atoms with Gasteiger partial charge in [0.2, 0.25) is 0 Å². The molecule has 0 saturated heterocycles. The van der Waals surface area contributed by atoms with E-state index < -0.39 is 0 Å². The van der Waals surface area contributed by atoms with Crippen LogP contribution in [0.15, 0.2) is 24.3 Å². The Balaban J connectivity index is 2.52. The summed E-state index contributed by atoms with van der Waals surface area (Å²) in [6.45, 7) is -0.0770. The Labute approximate surface area is 64.5 Å². The van der Waals surface area contributed by atoms with Crippen LogP contribution in [0.1, 0.15) is 21.8 Å². The van der Waals surface area contributed by atoms with Crippen molar-refractivity contribution in [2.75, 3.05) is 6.61 Å². The van der Waals surface area contributed by atoms with E-state index in [9.17, 15) is 4.79 Å². The molecule has 1 atom stereocenters. The van der Waals surface area contributed by atoms with Gasteiger partial charge in [0.25, 0.3) is 0 Å². The fourth-order valence-corrected chi connectivity index (χ4v) is 1.45. The highest BCUT2D eigenvalue weighted by molar-refractivity contribution is 6.04. The van der Waals surface area contributed by atoms with E-state index in [0.29, 0.717) is 0 Å². The van der Waals surface area contributed by atoms with E-state index in [-0.39, 0.29) is 18.3 Å². The van der Waals surface area contributed by atoms with Gasteiger partial charge in [0.05, 0.1) is 12.5 Å². The van der Waals surface area contributed by atoms with Gasteiger partial charge in [0, 0.05) is 5.56 Å². The predicted octanol–water partition coefficient (Wildman–Crippen LogP) is 0.959. The van der Waals surface area contributed by atoms with Crippen LogP contribution in [0.3, 0.4) is 0 Å². The summed E-state index contributed by atoms with van der Waals surface area (Å²) < 4.78 is 0. The molecule has 1 aromatic carbocycles. The molecule has 0 radical (unpaired) electrons. The smallest absolute Gasteiger partial charge is 0.172 e. The average molecular weight is 148 g/mol. The Morgan fingerprint density at radius 1 is 1.45 bits per heavy atom. The van der Waals surface area contributed by atoms with Crippen molar-refractivity contribution < 1.29 is 9.90 Å². The number of fused-ring (bicyclic) bond motifs is 2. The van der Waals surface area contributed by atoms with Gasteiger partial charge < -0.3 is 5.11 Å². The average Bonchev–Trinajstić information content (AvgIpc) is 2.25. The van der Waals surface area contributed by atoms with E-state index in [0.717, 1.165) is 11.1 Å². The number of aliphatic hydroxyl groups excluding tert-OH is 1. The molecule has 0 heterocycles. The Morgan fingerprint density at radius 2 is 2.27 bits per heavy atom. The maximum atomic E-state index is 11.3. The lowest BCUT2D eigenvalue weighted by Crippen LogP contribution is -2.09. The lowest BCUT2D eigenvalue weighted by molar-refractivity contribution is 0.0933. The number of carbonyl (C=O) groups is 1. The third-order valence-corrected chi connectivity index (χ3v) is 2.07. The number of benzene rings is 1. The first-order valence-electron chi connectivity index (χ1n) is 3.58. The molecule has 1 unspecified atom stereocenters. The van der Waals surface area contributed by atoms with Gasteiger partial charge in [-0.05, 0) is 11.6 Å². The monoisotopic (exact) mass is 148 g/mol. The number of aliphatic hydroxyl groups is 1. The van der Waals surface area contributed by atoms with Crippen LogP contribution in [0, 0.1) is 0 Å². The van der Waals surface area contributed by atoms with Crippen LogP contribution in [0.5, 0.6) is 0 Å². The van der Waals surface area contributed by atoms with E-state index >= 15 is 0 Å². The quantitative estimate of drug-likeness (QED) is 0.644. The molecule has 0 aromatic heterocycles. The maximum Gasteiger partial charge on any atom is 0.172 e. The third kappa shape index (κ3) is 0.795. The molecule has 2 heteroatoms. The Morgan fingerprint density at radius 3 is 2.91 bits per heavy atom. The summed E-state index contributed by atoms with van der Waals surface area (Å²) in [6, 6.07) is 7.33. The highest BCUT2D eigenvalue weighted by Crippen LogP contribution is 2.28. The summed E-state index contributed by atoms with van der Waals surface area (Å²) in [5, 5.41) is 8.86. The van der Waals surface area contributed by atoms with Crippen molar-refractivity contribution in [2.45, 2.75) is 5.92 Å². The van der Waals surface area contributed by atoms with Crippen molar-refractivity contribution in [3.05, 3.63) is 35.4 Å². The molecule has 2 bridgehead atoms. The minimum Gasteiger partial charge on any atom is -0.395 e. The van der Waals surface area contributed by atoms with Crippen LogP contribution in [-0.2, 0) is 0 Å². The van der Waals surface area contributed by atoms with E-state index in [1.165, 1.54) is 0 Å². The summed E-state index contributed by atoms with van der Waals surface area (Å²) in [6.07, 6.45) is 0. The third-order valence-electron chi connectivity index (χ3n) is 2.07. The van der Waals surface area contributed by atoms with Crippen molar-refractivity contribution in [3.63, 3.8) is 0 Å². The van der Waals surface area contributed by atoms with E-state index in [2.05, 4.69) is 0 Å². The van der Waals surface area contributed by atoms with Crippen molar-refractivity contribution in [1.29, 1.82) is 0 Å². The summed E-state index contributed by atoms with van der Waals surface area (Å²) in [4.78, 5) is 11.3. The zero-order valence-electron chi connectivity index (χ0n) is 5.95. The van der Waals surface area contributed by atoms with Gasteiger partial charge in [-0.1, -0.05) is 18.2 Å². The SMILES string of the molecule is O=C1c2cccc(c2)C1CO. The molecule has 0 saturated carbocycles. The van der Waals surface area contributed by atoms with Crippen molar-refractivity contribution in [2.24, 2.45) is 0 Å². The lowest BCUT2D eigenvalue weighted by Gasteiger charge is -2.02. The number of carbonyl (C=O) groups excluding carboxylic acids is 1. The molecule has 1 aliphatic rings. The summed E-state index contributed by atoms with van der Waals surface area (Å²) in [7, 11) is 0. The number of rotatable bonds is 1. The Kier molecular flexibility index (Phi) is 1.29.